The second-order valence-electron chi connectivity index (χ2n) is 5.93. The Balaban J connectivity index is 1.62. The van der Waals surface area contributed by atoms with Gasteiger partial charge in [0.1, 0.15) is 5.75 Å². The van der Waals surface area contributed by atoms with Crippen molar-refractivity contribution in [3.63, 3.8) is 0 Å². The zero-order valence-electron chi connectivity index (χ0n) is 13.0. The Labute approximate surface area is 131 Å². The first-order chi connectivity index (χ1) is 10.7. The lowest BCUT2D eigenvalue weighted by Crippen LogP contribution is -2.37. The molecule has 22 heavy (non-hydrogen) atoms. The molecule has 0 amide bonds. The first-order valence-corrected chi connectivity index (χ1v) is 7.85. The van der Waals surface area contributed by atoms with Gasteiger partial charge in [0.25, 0.3) is 0 Å². The Morgan fingerprint density at radius 3 is 2.73 bits per heavy atom. The Morgan fingerprint density at radius 2 is 2.00 bits per heavy atom. The third-order valence-corrected chi connectivity index (χ3v) is 4.34. The Hall–Kier alpha value is -2.23. The summed E-state index contributed by atoms with van der Waals surface area (Å²) in [7, 11) is 1.68. The Bertz CT molecular complexity index is 677. The molecule has 2 aromatic rings. The SMILES string of the molecule is COc1ccc2cc(CN=C(N)NCC3CCC3)ccc2c1. The smallest absolute Gasteiger partial charge is 0.188 e. The molecule has 3 N–H and O–H groups in total. The second-order valence-corrected chi connectivity index (χ2v) is 5.93. The van der Waals surface area contributed by atoms with Crippen LogP contribution in [0.2, 0.25) is 0 Å². The van der Waals surface area contributed by atoms with Gasteiger partial charge in [-0.25, -0.2) is 4.99 Å². The number of hydrogen-bond acceptors (Lipinski definition) is 2. The van der Waals surface area contributed by atoms with Crippen molar-refractivity contribution in [1.82, 2.24) is 5.32 Å². The van der Waals surface area contributed by atoms with E-state index >= 15 is 0 Å². The van der Waals surface area contributed by atoms with E-state index in [2.05, 4.69) is 34.6 Å². The molecule has 116 valence electrons. The summed E-state index contributed by atoms with van der Waals surface area (Å²) < 4.78 is 5.24. The van der Waals surface area contributed by atoms with Crippen LogP contribution in [0.15, 0.2) is 41.4 Å². The highest BCUT2D eigenvalue weighted by Gasteiger charge is 2.16. The van der Waals surface area contributed by atoms with E-state index in [1.54, 1.807) is 7.11 Å². The Morgan fingerprint density at radius 1 is 1.23 bits per heavy atom. The van der Waals surface area contributed by atoms with Crippen molar-refractivity contribution in [2.45, 2.75) is 25.8 Å². The zero-order chi connectivity index (χ0) is 15.4. The molecule has 0 aliphatic heterocycles. The lowest BCUT2D eigenvalue weighted by atomic mass is 9.85. The van der Waals surface area contributed by atoms with Gasteiger partial charge in [0.15, 0.2) is 5.96 Å². The number of hydrogen-bond donors (Lipinski definition) is 2. The summed E-state index contributed by atoms with van der Waals surface area (Å²) in [5.74, 6) is 2.20. The van der Waals surface area contributed by atoms with Crippen molar-refractivity contribution in [2.24, 2.45) is 16.6 Å². The van der Waals surface area contributed by atoms with Crippen LogP contribution in [-0.2, 0) is 6.54 Å². The highest BCUT2D eigenvalue weighted by Crippen LogP contribution is 2.25. The molecule has 1 aliphatic rings. The minimum absolute atomic E-state index is 0.543. The van der Waals surface area contributed by atoms with E-state index in [4.69, 9.17) is 10.5 Å². The second kappa shape index (κ2) is 6.69. The molecule has 0 unspecified atom stereocenters. The van der Waals surface area contributed by atoms with Gasteiger partial charge in [-0.2, -0.15) is 0 Å². The van der Waals surface area contributed by atoms with E-state index in [-0.39, 0.29) is 0 Å². The van der Waals surface area contributed by atoms with Gasteiger partial charge in [0.05, 0.1) is 13.7 Å². The number of rotatable bonds is 5. The number of benzene rings is 2. The lowest BCUT2D eigenvalue weighted by Gasteiger charge is -2.25. The predicted octanol–water partition coefficient (Wildman–Crippen LogP) is 3.05. The number of aliphatic imine (C=N–C) groups is 1. The lowest BCUT2D eigenvalue weighted by molar-refractivity contribution is 0.315. The minimum Gasteiger partial charge on any atom is -0.497 e. The maximum Gasteiger partial charge on any atom is 0.188 e. The summed E-state index contributed by atoms with van der Waals surface area (Å²) in [6.07, 6.45) is 3.98. The fourth-order valence-corrected chi connectivity index (χ4v) is 2.68. The number of nitrogens with zero attached hydrogens (tertiary/aromatic N) is 1. The van der Waals surface area contributed by atoms with Gasteiger partial charge in [0, 0.05) is 6.54 Å². The monoisotopic (exact) mass is 297 g/mol. The number of nitrogens with two attached hydrogens (primary N) is 1. The molecule has 0 atom stereocenters. The Kier molecular flexibility index (Phi) is 4.47. The van der Waals surface area contributed by atoms with E-state index in [0.29, 0.717) is 12.5 Å². The molecule has 0 bridgehead atoms. The predicted molar refractivity (Wildman–Crippen MR) is 91.2 cm³/mol. The minimum atomic E-state index is 0.543. The highest BCUT2D eigenvalue weighted by molar-refractivity contribution is 5.84. The highest BCUT2D eigenvalue weighted by atomic mass is 16.5. The maximum atomic E-state index is 5.92. The van der Waals surface area contributed by atoms with Gasteiger partial charge in [0.2, 0.25) is 0 Å². The molecule has 1 aliphatic carbocycles. The summed E-state index contributed by atoms with van der Waals surface area (Å²) in [6.45, 7) is 1.55. The molecule has 0 aromatic heterocycles. The summed E-state index contributed by atoms with van der Waals surface area (Å²) in [6, 6.07) is 12.4. The molecule has 0 radical (unpaired) electrons. The zero-order valence-corrected chi connectivity index (χ0v) is 13.0. The number of ether oxygens (including phenoxy) is 1. The largest absolute Gasteiger partial charge is 0.497 e. The van der Waals surface area contributed by atoms with Crippen molar-refractivity contribution >= 4 is 16.7 Å². The van der Waals surface area contributed by atoms with E-state index < -0.39 is 0 Å². The summed E-state index contributed by atoms with van der Waals surface area (Å²) in [4.78, 5) is 4.42. The number of methoxy groups -OCH3 is 1. The number of nitrogens with one attached hydrogen (secondary N) is 1. The van der Waals surface area contributed by atoms with E-state index in [1.807, 2.05) is 12.1 Å². The summed E-state index contributed by atoms with van der Waals surface area (Å²) in [5, 5.41) is 5.58. The first kappa shape index (κ1) is 14.7. The van der Waals surface area contributed by atoms with E-state index in [9.17, 15) is 0 Å². The van der Waals surface area contributed by atoms with E-state index in [0.717, 1.165) is 23.8 Å². The van der Waals surface area contributed by atoms with Crippen LogP contribution < -0.4 is 15.8 Å². The van der Waals surface area contributed by atoms with Crippen molar-refractivity contribution in [2.75, 3.05) is 13.7 Å². The molecular formula is C18H23N3O. The third kappa shape index (κ3) is 3.50. The van der Waals surface area contributed by atoms with Crippen molar-refractivity contribution < 1.29 is 4.74 Å². The first-order valence-electron chi connectivity index (χ1n) is 7.85. The van der Waals surface area contributed by atoms with Crippen LogP contribution >= 0.6 is 0 Å². The maximum absolute atomic E-state index is 5.92. The molecule has 4 nitrogen and oxygen atoms in total. The summed E-state index contributed by atoms with van der Waals surface area (Å²) >= 11 is 0. The molecular weight excluding hydrogens is 274 g/mol. The van der Waals surface area contributed by atoms with Crippen molar-refractivity contribution in [1.29, 1.82) is 0 Å². The fraction of sp³-hybridized carbons (Fsp3) is 0.389. The number of guanidine groups is 1. The van der Waals surface area contributed by atoms with Crippen LogP contribution in [0, 0.1) is 5.92 Å². The van der Waals surface area contributed by atoms with Gasteiger partial charge in [-0.3, -0.25) is 0 Å². The molecule has 4 heteroatoms. The molecule has 0 heterocycles. The molecule has 0 saturated heterocycles. The molecule has 1 fully saturated rings. The van der Waals surface area contributed by atoms with Crippen LogP contribution in [0.5, 0.6) is 5.75 Å². The standard InChI is InChI=1S/C18H23N3O/c1-22-17-8-7-15-9-14(5-6-16(15)10-17)12-21-18(19)20-11-13-3-2-4-13/h5-10,13H,2-4,11-12H2,1H3,(H3,19,20,21). The van der Waals surface area contributed by atoms with Crippen molar-refractivity contribution in [3.05, 3.63) is 42.0 Å². The van der Waals surface area contributed by atoms with Gasteiger partial charge in [-0.1, -0.05) is 24.6 Å². The van der Waals surface area contributed by atoms with Crippen molar-refractivity contribution in [3.8, 4) is 5.75 Å². The molecule has 3 rings (SSSR count). The topological polar surface area (TPSA) is 59.6 Å². The normalized spacial score (nSPS) is 15.6. The quantitative estimate of drug-likeness (QED) is 0.658. The fourth-order valence-electron chi connectivity index (χ4n) is 2.68. The molecule has 0 spiro atoms. The molecule has 1 saturated carbocycles. The van der Waals surface area contributed by atoms with Crippen LogP contribution in [0.4, 0.5) is 0 Å². The van der Waals surface area contributed by atoms with Crippen LogP contribution in [0.25, 0.3) is 10.8 Å². The van der Waals surface area contributed by atoms with Gasteiger partial charge in [-0.05, 0) is 53.3 Å². The van der Waals surface area contributed by atoms with Crippen LogP contribution in [0.1, 0.15) is 24.8 Å². The van der Waals surface area contributed by atoms with Gasteiger partial charge >= 0.3 is 0 Å². The number of fused-ring (bicyclic) bond motifs is 1. The van der Waals surface area contributed by atoms with Crippen LogP contribution in [-0.4, -0.2) is 19.6 Å². The average Bonchev–Trinajstić information content (AvgIpc) is 2.50. The summed E-state index contributed by atoms with van der Waals surface area (Å²) in [5.41, 5.74) is 7.08. The molecule has 2 aromatic carbocycles. The van der Waals surface area contributed by atoms with Gasteiger partial charge < -0.3 is 15.8 Å². The van der Waals surface area contributed by atoms with Gasteiger partial charge in [-0.15, -0.1) is 0 Å². The third-order valence-electron chi connectivity index (χ3n) is 4.34. The van der Waals surface area contributed by atoms with E-state index in [1.165, 1.54) is 30.0 Å². The van der Waals surface area contributed by atoms with Crippen LogP contribution in [0.3, 0.4) is 0 Å². The average molecular weight is 297 g/mol.